The minimum Gasteiger partial charge on any atom is -0.461 e. The molecule has 7 aliphatic rings. The van der Waals surface area contributed by atoms with Gasteiger partial charge in [-0.15, -0.1) is 0 Å². The topological polar surface area (TPSA) is 40.6 Å². The summed E-state index contributed by atoms with van der Waals surface area (Å²) in [6.45, 7) is 23.7. The minimum atomic E-state index is -0.246. The maximum absolute atomic E-state index is 9.60. The van der Waals surface area contributed by atoms with E-state index < -0.39 is 0 Å². The molecule has 0 N–H and O–H groups in total. The zero-order valence-corrected chi connectivity index (χ0v) is 27.0. The highest BCUT2D eigenvalue weighted by Crippen LogP contribution is 2.69. The van der Waals surface area contributed by atoms with Crippen molar-refractivity contribution in [1.29, 1.82) is 5.26 Å². The summed E-state index contributed by atoms with van der Waals surface area (Å²) >= 11 is 0. The zero-order valence-electron chi connectivity index (χ0n) is 27.0. The van der Waals surface area contributed by atoms with E-state index in [9.17, 15) is 5.26 Å². The average molecular weight is 574 g/mol. The van der Waals surface area contributed by atoms with Crippen LogP contribution < -0.4 is 4.90 Å². The summed E-state index contributed by atoms with van der Waals surface area (Å²) in [7, 11) is 0. The van der Waals surface area contributed by atoms with E-state index in [1.807, 2.05) is 18.2 Å². The van der Waals surface area contributed by atoms with Gasteiger partial charge in [0.05, 0.1) is 12.6 Å². The Bertz CT molecular complexity index is 1530. The Morgan fingerprint density at radius 3 is 2.21 bits per heavy atom. The summed E-state index contributed by atoms with van der Waals surface area (Å²) in [4.78, 5) is 6.20. The second-order valence-electron chi connectivity index (χ2n) is 16.6. The van der Waals surface area contributed by atoms with Crippen molar-refractivity contribution in [2.75, 3.05) is 18.0 Å². The molecule has 3 heterocycles. The Morgan fingerprint density at radius 1 is 0.977 bits per heavy atom. The molecule has 0 spiro atoms. The van der Waals surface area contributed by atoms with Gasteiger partial charge in [-0.1, -0.05) is 47.6 Å². The first-order valence-corrected chi connectivity index (χ1v) is 16.6. The van der Waals surface area contributed by atoms with Crippen LogP contribution in [0, 0.1) is 46.5 Å². The smallest absolute Gasteiger partial charge is 0.269 e. The van der Waals surface area contributed by atoms with Gasteiger partial charge in [0.25, 0.3) is 5.70 Å². The Kier molecular flexibility index (Phi) is 6.39. The van der Waals surface area contributed by atoms with E-state index in [0.29, 0.717) is 16.7 Å². The van der Waals surface area contributed by atoms with Crippen LogP contribution >= 0.6 is 0 Å². The number of allylic oxidation sites excluding steroid dienone is 6. The summed E-state index contributed by atoms with van der Waals surface area (Å²) in [5.74, 6) is 4.26. The highest BCUT2D eigenvalue weighted by Gasteiger charge is 2.60. The molecule has 1 unspecified atom stereocenters. The molecular formula is C39H47N3O. The maximum atomic E-state index is 9.60. The predicted octanol–water partition coefficient (Wildman–Crippen LogP) is 9.61. The standard InChI is InChI=1S/C39H47N3O/c1-36(2,3)34-20-29(33(24-40)41-7)19-30(43-34)9-8-25-17-31-35-32(18-25)38(6,11-13-42(35)12-10-37(31,4)5)39-21-26-14-27(22-39)16-28(15-26)23-39/h8-9,17-20,26-28H,10-16,21-23H2,1-6H3. The zero-order chi connectivity index (χ0) is 30.4. The summed E-state index contributed by atoms with van der Waals surface area (Å²) in [6, 6.07) is 7.04. The highest BCUT2D eigenvalue weighted by atomic mass is 16.5. The van der Waals surface area contributed by atoms with Crippen LogP contribution in [0.3, 0.4) is 0 Å². The Balaban J connectivity index is 1.33. The van der Waals surface area contributed by atoms with E-state index >= 15 is 0 Å². The molecule has 4 nitrogen and oxygen atoms in total. The van der Waals surface area contributed by atoms with Crippen LogP contribution in [0.1, 0.15) is 110 Å². The summed E-state index contributed by atoms with van der Waals surface area (Å²) in [5.41, 5.74) is 7.10. The van der Waals surface area contributed by atoms with Gasteiger partial charge in [-0.05, 0) is 133 Å². The fourth-order valence-corrected chi connectivity index (χ4v) is 10.2. The second-order valence-corrected chi connectivity index (χ2v) is 16.6. The number of ether oxygens (including phenoxy) is 1. The Hall–Kier alpha value is -3.24. The molecule has 224 valence electrons. The summed E-state index contributed by atoms with van der Waals surface area (Å²) in [6.07, 6.45) is 19.1. The fraction of sp³-hybridized carbons (Fsp3) is 0.590. The van der Waals surface area contributed by atoms with Crippen LogP contribution in [0.25, 0.3) is 10.9 Å². The molecule has 0 saturated heterocycles. The first-order valence-electron chi connectivity index (χ1n) is 16.6. The van der Waals surface area contributed by atoms with Gasteiger partial charge < -0.3 is 9.64 Å². The first kappa shape index (κ1) is 28.5. The van der Waals surface area contributed by atoms with Gasteiger partial charge >= 0.3 is 0 Å². The van der Waals surface area contributed by atoms with E-state index in [2.05, 4.69) is 75.6 Å². The van der Waals surface area contributed by atoms with Crippen molar-refractivity contribution in [3.05, 3.63) is 81.3 Å². The van der Waals surface area contributed by atoms with Gasteiger partial charge in [-0.25, -0.2) is 10.1 Å². The molecule has 4 saturated carbocycles. The molecule has 8 rings (SSSR count). The van der Waals surface area contributed by atoms with Crippen LogP contribution in [0.5, 0.6) is 0 Å². The second kappa shape index (κ2) is 9.63. The van der Waals surface area contributed by atoms with Crippen LogP contribution in [-0.4, -0.2) is 13.1 Å². The molecule has 0 amide bonds. The fourth-order valence-electron chi connectivity index (χ4n) is 10.2. The Labute approximate surface area is 259 Å². The number of benzene rings is 1. The minimum absolute atomic E-state index is 0.0994. The molecular weight excluding hydrogens is 526 g/mol. The molecule has 4 aliphatic carbocycles. The number of nitriles is 1. The van der Waals surface area contributed by atoms with E-state index in [-0.39, 0.29) is 21.9 Å². The van der Waals surface area contributed by atoms with Gasteiger partial charge in [-0.3, -0.25) is 0 Å². The molecule has 43 heavy (non-hydrogen) atoms. The first-order chi connectivity index (χ1) is 20.3. The number of anilines is 1. The van der Waals surface area contributed by atoms with Crippen molar-refractivity contribution in [3.63, 3.8) is 0 Å². The van der Waals surface area contributed by atoms with Crippen LogP contribution in [0.15, 0.2) is 53.1 Å². The quantitative estimate of drug-likeness (QED) is 0.267. The van der Waals surface area contributed by atoms with Crippen LogP contribution in [0.4, 0.5) is 5.69 Å². The molecule has 0 radical (unpaired) electrons. The lowest BCUT2D eigenvalue weighted by Crippen LogP contribution is -2.58. The van der Waals surface area contributed by atoms with Crippen molar-refractivity contribution in [2.24, 2.45) is 28.6 Å². The normalized spacial score (nSPS) is 35.0. The monoisotopic (exact) mass is 573 g/mol. The summed E-state index contributed by atoms with van der Waals surface area (Å²) < 4.78 is 6.37. The molecule has 1 atom stereocenters. The van der Waals surface area contributed by atoms with E-state index in [0.717, 1.165) is 30.1 Å². The lowest BCUT2D eigenvalue weighted by atomic mass is 9.41. The Morgan fingerprint density at radius 2 is 1.60 bits per heavy atom. The SMILES string of the molecule is [C-]#[N+]C(C#N)=C1C=C(C=Cc2cc3c4c(c2)C(C)(C25CC6CC(CC(C6)C2)C5)CCN4CCC3(C)C)OC(C(C)(C)C)=C1. The van der Waals surface area contributed by atoms with E-state index in [1.165, 1.54) is 69.0 Å². The molecule has 1 aromatic rings. The van der Waals surface area contributed by atoms with Gasteiger partial charge in [0.15, 0.2) is 0 Å². The van der Waals surface area contributed by atoms with Gasteiger partial charge in [0, 0.05) is 29.6 Å². The molecule has 3 aliphatic heterocycles. The van der Waals surface area contributed by atoms with Crippen molar-refractivity contribution in [1.82, 2.24) is 0 Å². The summed E-state index contributed by atoms with van der Waals surface area (Å²) in [5, 5.41) is 9.60. The third-order valence-electron chi connectivity index (χ3n) is 12.4. The molecule has 4 heteroatoms. The van der Waals surface area contributed by atoms with Gasteiger partial charge in [-0.2, -0.15) is 0 Å². The van der Waals surface area contributed by atoms with Gasteiger partial charge in [0.1, 0.15) is 11.5 Å². The van der Waals surface area contributed by atoms with Crippen molar-refractivity contribution in [2.45, 2.75) is 104 Å². The lowest BCUT2D eigenvalue weighted by molar-refractivity contribution is -0.0993. The van der Waals surface area contributed by atoms with Crippen LogP contribution in [-0.2, 0) is 15.6 Å². The number of nitrogens with zero attached hydrogens (tertiary/aromatic N) is 3. The molecule has 4 fully saturated rings. The lowest BCUT2D eigenvalue weighted by Gasteiger charge is -2.65. The number of hydrogen-bond donors (Lipinski definition) is 0. The largest absolute Gasteiger partial charge is 0.461 e. The molecule has 4 bridgehead atoms. The van der Waals surface area contributed by atoms with Crippen molar-refractivity contribution in [3.8, 4) is 6.07 Å². The predicted molar refractivity (Wildman–Crippen MR) is 174 cm³/mol. The third kappa shape index (κ3) is 4.51. The van der Waals surface area contributed by atoms with E-state index in [4.69, 9.17) is 11.3 Å². The molecule has 1 aromatic carbocycles. The van der Waals surface area contributed by atoms with E-state index in [1.54, 1.807) is 11.3 Å². The molecule has 0 aromatic heterocycles. The van der Waals surface area contributed by atoms with Crippen molar-refractivity contribution < 1.29 is 4.74 Å². The highest BCUT2D eigenvalue weighted by molar-refractivity contribution is 5.73. The van der Waals surface area contributed by atoms with Crippen LogP contribution in [0.2, 0.25) is 0 Å². The number of hydrogen-bond acceptors (Lipinski definition) is 3. The van der Waals surface area contributed by atoms with Crippen molar-refractivity contribution >= 4 is 11.8 Å². The maximum Gasteiger partial charge on any atom is 0.269 e. The van der Waals surface area contributed by atoms with Gasteiger partial charge in [0.2, 0.25) is 0 Å². The third-order valence-corrected chi connectivity index (χ3v) is 12.4. The average Bonchev–Trinajstić information content (AvgIpc) is 2.94. The number of rotatable bonds is 3.